The molecule has 3 nitrogen and oxygen atoms in total. The van der Waals surface area contributed by atoms with Crippen molar-refractivity contribution in [1.82, 2.24) is 4.57 Å². The van der Waals surface area contributed by atoms with Crippen molar-refractivity contribution in [3.05, 3.63) is 323 Å². The molecule has 0 unspecified atom stereocenters. The molecule has 79 heavy (non-hydrogen) atoms. The molecule has 0 fully saturated rings. The minimum atomic E-state index is -0.550. The van der Waals surface area contributed by atoms with Crippen molar-refractivity contribution in [2.75, 3.05) is 4.90 Å². The van der Waals surface area contributed by atoms with Gasteiger partial charge in [0.1, 0.15) is 11.2 Å². The van der Waals surface area contributed by atoms with Crippen LogP contribution in [0.3, 0.4) is 0 Å². The first-order valence-electron chi connectivity index (χ1n) is 27.6. The largest absolute Gasteiger partial charge is 0.456 e. The third-order valence-electron chi connectivity index (χ3n) is 17.9. The van der Waals surface area contributed by atoms with Crippen LogP contribution >= 0.6 is 0 Å². The normalized spacial score (nSPS) is 13.9. The summed E-state index contributed by atoms with van der Waals surface area (Å²) in [6.45, 7) is 4.48. The molecule has 3 aliphatic rings. The predicted octanol–water partition coefficient (Wildman–Crippen LogP) is 19.5. The first kappa shape index (κ1) is 44.2. The molecule has 0 saturated heterocycles. The van der Waals surface area contributed by atoms with Gasteiger partial charge in [-0.15, -0.1) is 0 Å². The smallest absolute Gasteiger partial charge is 0.135 e. The Kier molecular flexibility index (Phi) is 9.11. The molecular weight excluding hydrogens is 957 g/mol. The van der Waals surface area contributed by atoms with E-state index in [1.807, 2.05) is 6.07 Å². The van der Waals surface area contributed by atoms with Gasteiger partial charge in [-0.3, -0.25) is 0 Å². The number of rotatable bonds is 6. The van der Waals surface area contributed by atoms with E-state index >= 15 is 0 Å². The molecule has 17 rings (SSSR count). The van der Waals surface area contributed by atoms with Gasteiger partial charge in [0.2, 0.25) is 0 Å². The van der Waals surface area contributed by atoms with Gasteiger partial charge < -0.3 is 13.9 Å². The fourth-order valence-electron chi connectivity index (χ4n) is 14.9. The van der Waals surface area contributed by atoms with Crippen LogP contribution in [0.2, 0.25) is 0 Å². The van der Waals surface area contributed by atoms with Gasteiger partial charge in [-0.2, -0.15) is 0 Å². The molecule has 14 aromatic rings. The molecule has 0 saturated carbocycles. The average molecular weight is 1010 g/mol. The Balaban J connectivity index is 0.893. The molecule has 1 spiro atoms. The summed E-state index contributed by atoms with van der Waals surface area (Å²) in [5, 5.41) is 4.79. The Morgan fingerprint density at radius 3 is 1.68 bits per heavy atom. The number of anilines is 3. The van der Waals surface area contributed by atoms with E-state index in [9.17, 15) is 0 Å². The highest BCUT2D eigenvalue weighted by molar-refractivity contribution is 6.14. The summed E-state index contributed by atoms with van der Waals surface area (Å²) in [4.78, 5) is 2.48. The molecule has 2 aromatic heterocycles. The molecule has 1 aliphatic heterocycles. The molecule has 0 N–H and O–H groups in total. The van der Waals surface area contributed by atoms with E-state index in [0.29, 0.717) is 0 Å². The first-order valence-corrected chi connectivity index (χ1v) is 27.6. The van der Waals surface area contributed by atoms with Crippen molar-refractivity contribution in [1.29, 1.82) is 0 Å². The summed E-state index contributed by atoms with van der Waals surface area (Å²) >= 11 is 0. The number of para-hydroxylation sites is 1. The third kappa shape index (κ3) is 5.86. The van der Waals surface area contributed by atoms with Crippen LogP contribution in [0.15, 0.2) is 271 Å². The Labute approximate surface area is 458 Å². The molecule has 3 heteroatoms. The van der Waals surface area contributed by atoms with Gasteiger partial charge in [-0.05, 0) is 159 Å². The molecule has 2 aliphatic carbocycles. The minimum Gasteiger partial charge on any atom is -0.456 e. The van der Waals surface area contributed by atoms with Crippen LogP contribution in [0.25, 0.3) is 82.8 Å². The van der Waals surface area contributed by atoms with Gasteiger partial charge in [-0.25, -0.2) is 0 Å². The van der Waals surface area contributed by atoms with Gasteiger partial charge in [0.15, 0.2) is 0 Å². The molecular formula is C76H50N2O. The van der Waals surface area contributed by atoms with Crippen LogP contribution in [0.1, 0.15) is 55.6 Å². The van der Waals surface area contributed by atoms with Crippen molar-refractivity contribution >= 4 is 60.8 Å². The first-order chi connectivity index (χ1) is 39.0. The van der Waals surface area contributed by atoms with Crippen LogP contribution in [0.4, 0.5) is 17.1 Å². The van der Waals surface area contributed by atoms with Crippen LogP contribution in [-0.4, -0.2) is 4.57 Å². The number of hydrogen-bond donors (Lipinski definition) is 0. The van der Waals surface area contributed by atoms with Crippen molar-refractivity contribution in [3.63, 3.8) is 0 Å². The molecule has 0 atom stereocenters. The van der Waals surface area contributed by atoms with Crippen molar-refractivity contribution < 1.29 is 4.42 Å². The Morgan fingerprint density at radius 2 is 0.949 bits per heavy atom. The summed E-state index contributed by atoms with van der Waals surface area (Å²) in [5.41, 5.74) is 27.9. The van der Waals surface area contributed by atoms with E-state index in [4.69, 9.17) is 4.42 Å². The van der Waals surface area contributed by atoms with E-state index in [2.05, 4.69) is 284 Å². The Hall–Kier alpha value is -9.96. The number of hydrogen-bond acceptors (Lipinski definition) is 2. The molecule has 12 aromatic carbocycles. The lowest BCUT2D eigenvalue weighted by molar-refractivity contribution is 0.669. The molecule has 370 valence electrons. The highest BCUT2D eigenvalue weighted by atomic mass is 16.3. The minimum absolute atomic E-state index is 0.548. The topological polar surface area (TPSA) is 21.3 Å². The summed E-state index contributed by atoms with van der Waals surface area (Å²) in [6, 6.07) is 100.0. The van der Waals surface area contributed by atoms with Crippen LogP contribution in [0.5, 0.6) is 0 Å². The fraction of sp³-hybridized carbons (Fsp3) is 0.0526. The number of aromatic nitrogens is 1. The Morgan fingerprint density at radius 1 is 0.354 bits per heavy atom. The quantitative estimate of drug-likeness (QED) is 0.166. The maximum Gasteiger partial charge on any atom is 0.135 e. The maximum absolute atomic E-state index is 6.46. The van der Waals surface area contributed by atoms with Gasteiger partial charge in [-0.1, -0.05) is 205 Å². The van der Waals surface area contributed by atoms with Crippen LogP contribution in [0, 0.1) is 13.8 Å². The van der Waals surface area contributed by atoms with E-state index in [0.717, 1.165) is 44.6 Å². The number of fused-ring (bicyclic) bond motifs is 18. The number of nitrogens with zero attached hydrogens (tertiary/aromatic N) is 2. The summed E-state index contributed by atoms with van der Waals surface area (Å²) < 4.78 is 9.03. The summed E-state index contributed by atoms with van der Waals surface area (Å²) in [7, 11) is 0. The number of benzene rings is 12. The molecule has 0 amide bonds. The zero-order chi connectivity index (χ0) is 52.1. The number of aryl methyl sites for hydroxylation is 2. The van der Waals surface area contributed by atoms with E-state index < -0.39 is 10.8 Å². The zero-order valence-electron chi connectivity index (χ0n) is 43.7. The second-order valence-corrected chi connectivity index (χ2v) is 22.0. The lowest BCUT2D eigenvalue weighted by Gasteiger charge is -2.40. The standard InChI is InChI=1S/C76H50N2O/c1-47-32-39-68-59(42-47)61-43-48(2)44-67-74(61)78(68)69-40-35-50(45-66(69)76(67)62-26-13-9-22-55(62)56-23-10-14-27-63(56)76)49-33-36-53(37-34-49)77(54-38-41-72-60(46-54)57-24-12-16-31-71(57)79-72)70-30-17-29-65-73(70)58-25-11-15-28-64(58)75(65,51-18-5-3-6-19-51)52-20-7-4-8-21-52/h3-46H,1-2H3. The second-order valence-electron chi connectivity index (χ2n) is 22.0. The SMILES string of the molecule is Cc1ccc2c(c1)c1cc(C)cc3c1n2-c1ccc(-c2ccc(N(c4ccc5oc6ccccc6c5c4)c4cccc5c4-c4ccccc4C5(c4ccccc4)c4ccccc4)cc2)cc1C31c2ccccc2-c2ccccc21. The zero-order valence-corrected chi connectivity index (χ0v) is 43.7. The molecule has 0 bridgehead atoms. The second kappa shape index (κ2) is 16.3. The summed E-state index contributed by atoms with van der Waals surface area (Å²) in [6.07, 6.45) is 0. The molecule has 0 radical (unpaired) electrons. The van der Waals surface area contributed by atoms with E-state index in [1.165, 1.54) is 111 Å². The van der Waals surface area contributed by atoms with Gasteiger partial charge >= 0.3 is 0 Å². The van der Waals surface area contributed by atoms with Crippen molar-refractivity contribution in [3.8, 4) is 39.1 Å². The summed E-state index contributed by atoms with van der Waals surface area (Å²) in [5.74, 6) is 0. The molecule has 3 heterocycles. The predicted molar refractivity (Wildman–Crippen MR) is 326 cm³/mol. The van der Waals surface area contributed by atoms with Gasteiger partial charge in [0.05, 0.1) is 33.2 Å². The highest BCUT2D eigenvalue weighted by Gasteiger charge is 2.51. The van der Waals surface area contributed by atoms with Crippen LogP contribution < -0.4 is 4.90 Å². The van der Waals surface area contributed by atoms with Gasteiger partial charge in [0, 0.05) is 38.5 Å². The lowest BCUT2D eigenvalue weighted by atomic mass is 9.65. The van der Waals surface area contributed by atoms with E-state index in [-0.39, 0.29) is 0 Å². The third-order valence-corrected chi connectivity index (χ3v) is 17.9. The lowest BCUT2D eigenvalue weighted by Crippen LogP contribution is -2.33. The van der Waals surface area contributed by atoms with Crippen molar-refractivity contribution in [2.24, 2.45) is 0 Å². The van der Waals surface area contributed by atoms with Crippen molar-refractivity contribution in [2.45, 2.75) is 24.7 Å². The maximum atomic E-state index is 6.46. The number of furan rings is 1. The monoisotopic (exact) mass is 1010 g/mol. The fourth-order valence-corrected chi connectivity index (χ4v) is 14.9. The average Bonchev–Trinajstić information content (AvgIpc) is 2.64. The highest BCUT2D eigenvalue weighted by Crippen LogP contribution is 2.63. The van der Waals surface area contributed by atoms with E-state index in [1.54, 1.807) is 0 Å². The van der Waals surface area contributed by atoms with Gasteiger partial charge in [0.25, 0.3) is 0 Å². The van der Waals surface area contributed by atoms with Crippen LogP contribution in [-0.2, 0) is 10.8 Å². The Bertz CT molecular complexity index is 4780.